The first kappa shape index (κ1) is 17.5. The van der Waals surface area contributed by atoms with Crippen LogP contribution in [0.2, 0.25) is 0 Å². The number of anilines is 1. The fourth-order valence-corrected chi connectivity index (χ4v) is 2.13. The van der Waals surface area contributed by atoms with Gasteiger partial charge in [0.1, 0.15) is 6.67 Å². The molecule has 2 aromatic rings. The van der Waals surface area contributed by atoms with E-state index in [0.29, 0.717) is 19.1 Å². The average molecular weight is 316 g/mol. The molecular weight excluding hydrogens is 293 g/mol. The molecule has 0 fully saturated rings. The van der Waals surface area contributed by atoms with Gasteiger partial charge in [0.05, 0.1) is 30.2 Å². The van der Waals surface area contributed by atoms with Crippen molar-refractivity contribution in [3.63, 3.8) is 0 Å². The van der Waals surface area contributed by atoms with Crippen molar-refractivity contribution < 1.29 is 4.39 Å². The van der Waals surface area contributed by atoms with E-state index in [4.69, 9.17) is 0 Å². The van der Waals surface area contributed by atoms with Gasteiger partial charge in [-0.1, -0.05) is 6.92 Å². The molecule has 7 heteroatoms. The monoisotopic (exact) mass is 315 g/mol. The van der Waals surface area contributed by atoms with Crippen LogP contribution in [0, 0.1) is 6.92 Å². The summed E-state index contributed by atoms with van der Waals surface area (Å²) in [5.41, 5.74) is 2.96. The first-order chi connectivity index (χ1) is 9.65. The Morgan fingerprint density at radius 1 is 1.43 bits per heavy atom. The Balaban J connectivity index is 0.00000220. The van der Waals surface area contributed by atoms with Gasteiger partial charge in [0, 0.05) is 18.4 Å². The predicted molar refractivity (Wildman–Crippen MR) is 84.7 cm³/mol. The van der Waals surface area contributed by atoms with Gasteiger partial charge in [-0.15, -0.1) is 12.4 Å². The van der Waals surface area contributed by atoms with Crippen LogP contribution in [0.25, 0.3) is 0 Å². The Labute approximate surface area is 130 Å². The molecule has 0 radical (unpaired) electrons. The van der Waals surface area contributed by atoms with Gasteiger partial charge in [-0.3, -0.25) is 9.36 Å². The lowest BCUT2D eigenvalue weighted by Crippen LogP contribution is -2.12. The number of nitrogens with zero attached hydrogens (tertiary/aromatic N) is 4. The van der Waals surface area contributed by atoms with E-state index in [1.54, 1.807) is 4.68 Å². The van der Waals surface area contributed by atoms with Crippen molar-refractivity contribution in [3.05, 3.63) is 29.8 Å². The first-order valence-electron chi connectivity index (χ1n) is 7.02. The second kappa shape index (κ2) is 8.02. The Bertz CT molecular complexity index is 551. The van der Waals surface area contributed by atoms with E-state index in [1.807, 2.05) is 30.1 Å². The van der Waals surface area contributed by atoms with Crippen LogP contribution >= 0.6 is 12.4 Å². The van der Waals surface area contributed by atoms with Gasteiger partial charge < -0.3 is 5.32 Å². The van der Waals surface area contributed by atoms with E-state index in [9.17, 15) is 4.39 Å². The molecule has 0 aromatic carbocycles. The Kier molecular flexibility index (Phi) is 6.68. The number of rotatable bonds is 7. The topological polar surface area (TPSA) is 47.7 Å². The highest BCUT2D eigenvalue weighted by Gasteiger charge is 2.09. The molecule has 0 saturated heterocycles. The van der Waals surface area contributed by atoms with Crippen molar-refractivity contribution in [2.24, 2.45) is 0 Å². The molecule has 0 aliphatic heterocycles. The van der Waals surface area contributed by atoms with Gasteiger partial charge >= 0.3 is 0 Å². The van der Waals surface area contributed by atoms with Crippen molar-refractivity contribution in [1.82, 2.24) is 19.6 Å². The fourth-order valence-electron chi connectivity index (χ4n) is 2.13. The highest BCUT2D eigenvalue weighted by Crippen LogP contribution is 2.16. The van der Waals surface area contributed by atoms with Gasteiger partial charge in [0.2, 0.25) is 0 Å². The molecule has 2 aromatic heterocycles. The predicted octanol–water partition coefficient (Wildman–Crippen LogP) is 3.36. The lowest BCUT2D eigenvalue weighted by atomic mass is 10.2. The van der Waals surface area contributed by atoms with Gasteiger partial charge in [-0.05, 0) is 26.3 Å². The van der Waals surface area contributed by atoms with Crippen LogP contribution in [0.5, 0.6) is 0 Å². The molecular formula is C14H23ClFN5. The molecule has 2 heterocycles. The summed E-state index contributed by atoms with van der Waals surface area (Å²) in [5, 5.41) is 12.0. The van der Waals surface area contributed by atoms with E-state index in [1.165, 1.54) is 0 Å². The largest absolute Gasteiger partial charge is 0.377 e. The molecule has 1 unspecified atom stereocenters. The van der Waals surface area contributed by atoms with E-state index in [-0.39, 0.29) is 12.4 Å². The van der Waals surface area contributed by atoms with Crippen LogP contribution in [0.4, 0.5) is 10.1 Å². The minimum Gasteiger partial charge on any atom is -0.377 e. The molecule has 118 valence electrons. The van der Waals surface area contributed by atoms with E-state index in [0.717, 1.165) is 23.5 Å². The maximum atomic E-state index is 12.3. The second-order valence-corrected chi connectivity index (χ2v) is 4.96. The van der Waals surface area contributed by atoms with Crippen LogP contribution < -0.4 is 5.32 Å². The number of hydrogen-bond acceptors (Lipinski definition) is 3. The minimum absolute atomic E-state index is 0. The van der Waals surface area contributed by atoms with E-state index in [2.05, 4.69) is 29.4 Å². The van der Waals surface area contributed by atoms with Crippen molar-refractivity contribution in [3.8, 4) is 0 Å². The van der Waals surface area contributed by atoms with Crippen molar-refractivity contribution in [2.45, 2.75) is 46.3 Å². The van der Waals surface area contributed by atoms with Crippen LogP contribution in [0.15, 0.2) is 18.5 Å². The van der Waals surface area contributed by atoms with Gasteiger partial charge in [0.25, 0.3) is 0 Å². The highest BCUT2D eigenvalue weighted by molar-refractivity contribution is 5.85. The van der Waals surface area contributed by atoms with Crippen LogP contribution in [-0.2, 0) is 13.1 Å². The van der Waals surface area contributed by atoms with Crippen LogP contribution in [0.3, 0.4) is 0 Å². The van der Waals surface area contributed by atoms with Crippen LogP contribution in [0.1, 0.15) is 37.7 Å². The third-order valence-corrected chi connectivity index (χ3v) is 3.48. The molecule has 0 aliphatic carbocycles. The summed E-state index contributed by atoms with van der Waals surface area (Å²) in [6.45, 7) is 6.81. The normalized spacial score (nSPS) is 12.0. The van der Waals surface area contributed by atoms with Crippen molar-refractivity contribution in [2.75, 3.05) is 12.0 Å². The number of halogens is 2. The van der Waals surface area contributed by atoms with Gasteiger partial charge in [-0.25, -0.2) is 4.39 Å². The maximum Gasteiger partial charge on any atom is 0.109 e. The molecule has 21 heavy (non-hydrogen) atoms. The van der Waals surface area contributed by atoms with Gasteiger partial charge in [-0.2, -0.15) is 10.2 Å². The smallest absolute Gasteiger partial charge is 0.109 e. The minimum atomic E-state index is -0.401. The quantitative estimate of drug-likeness (QED) is 0.852. The number of alkyl halides is 1. The summed E-state index contributed by atoms with van der Waals surface area (Å²) in [4.78, 5) is 0. The molecule has 5 nitrogen and oxygen atoms in total. The highest BCUT2D eigenvalue weighted by atomic mass is 35.5. The average Bonchev–Trinajstić information content (AvgIpc) is 3.03. The third-order valence-electron chi connectivity index (χ3n) is 3.48. The molecule has 1 atom stereocenters. The zero-order valence-electron chi connectivity index (χ0n) is 12.7. The summed E-state index contributed by atoms with van der Waals surface area (Å²) in [5.74, 6) is 0. The number of hydrogen-bond donors (Lipinski definition) is 1. The van der Waals surface area contributed by atoms with E-state index >= 15 is 0 Å². The van der Waals surface area contributed by atoms with E-state index < -0.39 is 6.67 Å². The Morgan fingerprint density at radius 3 is 2.86 bits per heavy atom. The lowest BCUT2D eigenvalue weighted by Gasteiger charge is -2.14. The number of aromatic nitrogens is 4. The summed E-state index contributed by atoms with van der Waals surface area (Å²) in [6, 6.07) is 2.40. The molecule has 0 spiro atoms. The summed E-state index contributed by atoms with van der Waals surface area (Å²) >= 11 is 0. The number of aryl methyl sites for hydroxylation is 2. The fraction of sp³-hybridized carbons (Fsp3) is 0.571. The molecule has 1 N–H and O–H groups in total. The third kappa shape index (κ3) is 4.20. The SMILES string of the molecule is CCC(C)n1nccc1CNc1cn(CCF)nc1C.Cl. The molecule has 2 rings (SSSR count). The molecule has 0 amide bonds. The molecule has 0 bridgehead atoms. The van der Waals surface area contributed by atoms with Crippen molar-refractivity contribution >= 4 is 18.1 Å². The summed E-state index contributed by atoms with van der Waals surface area (Å²) in [6.07, 6.45) is 4.71. The zero-order chi connectivity index (χ0) is 14.5. The summed E-state index contributed by atoms with van der Waals surface area (Å²) in [7, 11) is 0. The first-order valence-corrected chi connectivity index (χ1v) is 7.02. The standard InChI is InChI=1S/C14H22FN5.ClH/c1-4-11(2)20-13(5-7-17-20)9-16-14-10-19(8-6-15)18-12(14)3;/h5,7,10-11,16H,4,6,8-9H2,1-3H3;1H. The zero-order valence-corrected chi connectivity index (χ0v) is 13.5. The van der Waals surface area contributed by atoms with Gasteiger partial charge in [0.15, 0.2) is 0 Å². The molecule has 0 saturated carbocycles. The second-order valence-electron chi connectivity index (χ2n) is 4.96. The molecule has 0 aliphatic rings. The lowest BCUT2D eigenvalue weighted by molar-refractivity contribution is 0.426. The number of nitrogens with one attached hydrogen (secondary N) is 1. The maximum absolute atomic E-state index is 12.3. The van der Waals surface area contributed by atoms with Crippen LogP contribution in [-0.4, -0.2) is 26.2 Å². The Morgan fingerprint density at radius 2 is 2.19 bits per heavy atom. The van der Waals surface area contributed by atoms with Crippen molar-refractivity contribution in [1.29, 1.82) is 0 Å². The summed E-state index contributed by atoms with van der Waals surface area (Å²) < 4.78 is 16.0. The Hall–Kier alpha value is -1.56.